The van der Waals surface area contributed by atoms with Crippen molar-refractivity contribution in [2.75, 3.05) is 23.0 Å². The van der Waals surface area contributed by atoms with Crippen LogP contribution in [0, 0.1) is 0 Å². The summed E-state index contributed by atoms with van der Waals surface area (Å²) in [5.74, 6) is -0.474. The lowest BCUT2D eigenvalue weighted by molar-refractivity contribution is -0.117. The molecule has 0 aromatic heterocycles. The Labute approximate surface area is 182 Å². The van der Waals surface area contributed by atoms with Gasteiger partial charge in [0.25, 0.3) is 5.91 Å². The second kappa shape index (κ2) is 8.27. The van der Waals surface area contributed by atoms with Crippen LogP contribution >= 0.6 is 27.7 Å². The quantitative estimate of drug-likeness (QED) is 0.675. The third-order valence-corrected chi connectivity index (χ3v) is 7.86. The van der Waals surface area contributed by atoms with Gasteiger partial charge in [-0.1, -0.05) is 33.8 Å². The van der Waals surface area contributed by atoms with Crippen LogP contribution in [-0.2, 0) is 19.4 Å². The van der Waals surface area contributed by atoms with Crippen LogP contribution in [0.25, 0.3) is 0 Å². The molecule has 0 unspecified atom stereocenters. The van der Waals surface area contributed by atoms with E-state index in [0.29, 0.717) is 5.17 Å². The van der Waals surface area contributed by atoms with Gasteiger partial charge in [0.1, 0.15) is 12.1 Å². The Kier molecular flexibility index (Phi) is 6.30. The van der Waals surface area contributed by atoms with Crippen molar-refractivity contribution in [3.8, 4) is 0 Å². The van der Waals surface area contributed by atoms with E-state index in [1.54, 1.807) is 25.7 Å². The molecule has 8 nitrogen and oxygen atoms in total. The van der Waals surface area contributed by atoms with Crippen LogP contribution in [0.15, 0.2) is 33.7 Å². The Morgan fingerprint density at radius 3 is 2.72 bits per heavy atom. The van der Waals surface area contributed by atoms with Crippen LogP contribution in [0.5, 0.6) is 0 Å². The molecule has 2 aliphatic heterocycles. The molecule has 2 saturated heterocycles. The predicted octanol–water partition coefficient (Wildman–Crippen LogP) is 2.58. The molecule has 0 spiro atoms. The van der Waals surface area contributed by atoms with Crippen LogP contribution in [0.2, 0.25) is 0 Å². The highest BCUT2D eigenvalue weighted by Gasteiger charge is 2.49. The maximum absolute atomic E-state index is 12.3. The minimum atomic E-state index is -3.13. The normalized spacial score (nSPS) is 24.4. The number of nitrogens with zero attached hydrogens (tertiary/aromatic N) is 2. The fourth-order valence-corrected chi connectivity index (χ4v) is 7.42. The minimum Gasteiger partial charge on any atom is -0.444 e. The van der Waals surface area contributed by atoms with Crippen LogP contribution in [-0.4, -0.2) is 60.5 Å². The van der Waals surface area contributed by atoms with E-state index in [1.165, 1.54) is 11.8 Å². The average molecular weight is 504 g/mol. The number of ether oxygens (including phenoxy) is 1. The molecule has 2 atom stereocenters. The van der Waals surface area contributed by atoms with Crippen molar-refractivity contribution in [3.63, 3.8) is 0 Å². The summed E-state index contributed by atoms with van der Waals surface area (Å²) in [5.41, 5.74) is 0.0870. The molecular weight excluding hydrogens is 482 g/mol. The fraction of sp³-hybridized carbons (Fsp3) is 0.500. The number of alkyl carbamates (subject to hydrolysis) is 1. The first kappa shape index (κ1) is 22.1. The first-order valence-electron chi connectivity index (χ1n) is 8.94. The van der Waals surface area contributed by atoms with Gasteiger partial charge in [-0.3, -0.25) is 4.79 Å². The number of carbonyl (C=O) groups is 2. The smallest absolute Gasteiger partial charge is 0.408 e. The molecule has 1 N–H and O–H groups in total. The number of sulfone groups is 1. The minimum absolute atomic E-state index is 0.0144. The number of amides is 2. The summed E-state index contributed by atoms with van der Waals surface area (Å²) in [7, 11) is -3.13. The van der Waals surface area contributed by atoms with Crippen molar-refractivity contribution < 1.29 is 22.7 Å². The van der Waals surface area contributed by atoms with Crippen molar-refractivity contribution in [3.05, 3.63) is 28.7 Å². The number of rotatable bonds is 3. The van der Waals surface area contributed by atoms with E-state index in [4.69, 9.17) is 4.74 Å². The monoisotopic (exact) mass is 503 g/mol. The van der Waals surface area contributed by atoms with Crippen LogP contribution in [0.1, 0.15) is 20.8 Å². The highest BCUT2D eigenvalue weighted by Crippen LogP contribution is 2.41. The van der Waals surface area contributed by atoms with E-state index in [9.17, 15) is 18.0 Å². The zero-order valence-electron chi connectivity index (χ0n) is 16.2. The third kappa shape index (κ3) is 5.73. The zero-order chi connectivity index (χ0) is 21.4. The largest absolute Gasteiger partial charge is 0.444 e. The van der Waals surface area contributed by atoms with Gasteiger partial charge >= 0.3 is 6.09 Å². The van der Waals surface area contributed by atoms with E-state index in [0.717, 1.165) is 10.2 Å². The summed E-state index contributed by atoms with van der Waals surface area (Å²) in [6.45, 7) is 4.88. The molecule has 29 heavy (non-hydrogen) atoms. The number of thioether (sulfide) groups is 1. The molecule has 158 valence electrons. The van der Waals surface area contributed by atoms with Gasteiger partial charge in [0.15, 0.2) is 15.0 Å². The Balaban J connectivity index is 1.78. The number of aliphatic imine (C=N–C) groups is 1. The van der Waals surface area contributed by atoms with Crippen molar-refractivity contribution in [2.45, 2.75) is 37.7 Å². The van der Waals surface area contributed by atoms with E-state index in [2.05, 4.69) is 26.2 Å². The summed E-state index contributed by atoms with van der Waals surface area (Å²) in [4.78, 5) is 30.0. The number of hydrogen-bond donors (Lipinski definition) is 1. The molecule has 0 aliphatic carbocycles. The molecule has 0 radical (unpaired) electrons. The van der Waals surface area contributed by atoms with Crippen LogP contribution < -0.4 is 10.2 Å². The maximum atomic E-state index is 12.3. The van der Waals surface area contributed by atoms with E-state index < -0.39 is 27.4 Å². The molecular formula is C18H22BrN3O5S2. The lowest BCUT2D eigenvalue weighted by Gasteiger charge is -2.24. The van der Waals surface area contributed by atoms with Crippen LogP contribution in [0.3, 0.4) is 0 Å². The molecule has 2 fully saturated rings. The number of benzene rings is 1. The molecule has 2 amide bonds. The Bertz CT molecular complexity index is 958. The van der Waals surface area contributed by atoms with Gasteiger partial charge in [0.05, 0.1) is 17.5 Å². The van der Waals surface area contributed by atoms with Gasteiger partial charge in [-0.25, -0.2) is 13.2 Å². The highest BCUT2D eigenvalue weighted by molar-refractivity contribution is 9.10. The number of hydrogen-bond acceptors (Lipinski definition) is 6. The fourth-order valence-electron chi connectivity index (χ4n) is 3.10. The summed E-state index contributed by atoms with van der Waals surface area (Å²) in [6.07, 6.45) is -0.697. The van der Waals surface area contributed by atoms with Gasteiger partial charge in [-0.2, -0.15) is 4.99 Å². The topological polar surface area (TPSA) is 105 Å². The van der Waals surface area contributed by atoms with Gasteiger partial charge in [0.2, 0.25) is 0 Å². The summed E-state index contributed by atoms with van der Waals surface area (Å²) >= 11 is 4.70. The number of nitrogens with one attached hydrogen (secondary N) is 1. The summed E-state index contributed by atoms with van der Waals surface area (Å²) < 4.78 is 30.1. The first-order chi connectivity index (χ1) is 13.4. The van der Waals surface area contributed by atoms with Gasteiger partial charge < -0.3 is 15.0 Å². The Morgan fingerprint density at radius 1 is 1.34 bits per heavy atom. The average Bonchev–Trinajstić information content (AvgIpc) is 3.02. The predicted molar refractivity (Wildman–Crippen MR) is 117 cm³/mol. The summed E-state index contributed by atoms with van der Waals surface area (Å²) in [5, 5.41) is 2.64. The highest BCUT2D eigenvalue weighted by atomic mass is 79.9. The standard InChI is InChI=1S/C18H22BrN3O5S2/c1-18(2,3)27-17(24)20-8-15(23)21-16-22(12-6-4-5-11(19)7-12)13-9-29(25,26)10-14(13)28-16/h4-7,13-14H,8-10H2,1-3H3,(H,20,24)/t13-,14-/m1/s1. The molecule has 2 aliphatic rings. The SMILES string of the molecule is CC(C)(C)OC(=O)NCC(=O)N=C1S[C@@H]2CS(=O)(=O)C[C@H]2N1c1cccc(Br)c1. The Hall–Kier alpha value is -1.59. The molecule has 0 bridgehead atoms. The number of carbonyl (C=O) groups excluding carboxylic acids is 2. The van der Waals surface area contributed by atoms with E-state index in [-0.39, 0.29) is 29.3 Å². The van der Waals surface area contributed by atoms with Gasteiger partial charge in [-0.05, 0) is 39.0 Å². The van der Waals surface area contributed by atoms with Crippen molar-refractivity contribution in [1.29, 1.82) is 0 Å². The maximum Gasteiger partial charge on any atom is 0.408 e. The third-order valence-electron chi connectivity index (χ3n) is 4.16. The number of anilines is 1. The zero-order valence-corrected chi connectivity index (χ0v) is 19.4. The molecule has 1 aromatic carbocycles. The second-order valence-corrected chi connectivity index (χ2v) is 12.1. The van der Waals surface area contributed by atoms with Crippen molar-refractivity contribution in [1.82, 2.24) is 5.32 Å². The van der Waals surface area contributed by atoms with Crippen molar-refractivity contribution >= 4 is 60.4 Å². The van der Waals surface area contributed by atoms with E-state index >= 15 is 0 Å². The summed E-state index contributed by atoms with van der Waals surface area (Å²) in [6, 6.07) is 7.11. The van der Waals surface area contributed by atoms with Crippen LogP contribution in [0.4, 0.5) is 10.5 Å². The van der Waals surface area contributed by atoms with Gasteiger partial charge in [0, 0.05) is 15.4 Å². The molecule has 2 heterocycles. The number of halogens is 1. The molecule has 3 rings (SSSR count). The van der Waals surface area contributed by atoms with Crippen molar-refractivity contribution in [2.24, 2.45) is 4.99 Å². The second-order valence-electron chi connectivity index (χ2n) is 7.79. The molecule has 11 heteroatoms. The first-order valence-corrected chi connectivity index (χ1v) is 12.4. The molecule has 1 aromatic rings. The van der Waals surface area contributed by atoms with E-state index in [1.807, 2.05) is 24.3 Å². The Morgan fingerprint density at radius 2 is 2.07 bits per heavy atom. The number of fused-ring (bicyclic) bond motifs is 1. The van der Waals surface area contributed by atoms with Gasteiger partial charge in [-0.15, -0.1) is 0 Å². The molecule has 0 saturated carbocycles. The lowest BCUT2D eigenvalue weighted by atomic mass is 10.2. The lowest BCUT2D eigenvalue weighted by Crippen LogP contribution is -2.38. The number of amidine groups is 1.